The lowest BCUT2D eigenvalue weighted by Gasteiger charge is -2.03. The largest absolute Gasteiger partial charge is 0.393 e. The van der Waals surface area contributed by atoms with Crippen LogP contribution in [0.1, 0.15) is 31.5 Å². The van der Waals surface area contributed by atoms with Crippen molar-refractivity contribution in [1.82, 2.24) is 10.1 Å². The van der Waals surface area contributed by atoms with E-state index < -0.39 is 0 Å². The molecule has 0 aliphatic carbocycles. The fourth-order valence-corrected chi connectivity index (χ4v) is 1.06. The minimum atomic E-state index is -0.352. The lowest BCUT2D eigenvalue weighted by molar-refractivity contribution is 0.151. The summed E-state index contributed by atoms with van der Waals surface area (Å²) in [5, 5.41) is 13.0. The summed E-state index contributed by atoms with van der Waals surface area (Å²) in [5.41, 5.74) is 0. The van der Waals surface area contributed by atoms with Gasteiger partial charge in [0.05, 0.1) is 12.5 Å². The van der Waals surface area contributed by atoms with Crippen molar-refractivity contribution < 1.29 is 9.63 Å². The lowest BCUT2D eigenvalue weighted by atomic mass is 10.1. The zero-order valence-electron chi connectivity index (χ0n) is 7.45. The van der Waals surface area contributed by atoms with Gasteiger partial charge in [0.15, 0.2) is 5.82 Å². The van der Waals surface area contributed by atoms with Crippen LogP contribution in [-0.2, 0) is 6.42 Å². The number of aliphatic hydroxyl groups is 1. The van der Waals surface area contributed by atoms with Crippen LogP contribution in [0, 0.1) is 6.92 Å². The maximum atomic E-state index is 9.38. The number of aliphatic hydroxyl groups excluding tert-OH is 1. The first-order valence-corrected chi connectivity index (χ1v) is 4.19. The van der Waals surface area contributed by atoms with Crippen molar-refractivity contribution in [1.29, 1.82) is 0 Å². The monoisotopic (exact) mass is 170 g/mol. The summed E-state index contributed by atoms with van der Waals surface area (Å²) < 4.78 is 4.86. The van der Waals surface area contributed by atoms with E-state index in [1.807, 2.05) is 6.92 Å². The quantitative estimate of drug-likeness (QED) is 0.734. The topological polar surface area (TPSA) is 59.2 Å². The van der Waals surface area contributed by atoms with Gasteiger partial charge >= 0.3 is 0 Å². The minimum Gasteiger partial charge on any atom is -0.393 e. The third-order valence-corrected chi connectivity index (χ3v) is 1.60. The van der Waals surface area contributed by atoms with E-state index in [2.05, 4.69) is 10.1 Å². The molecular weight excluding hydrogens is 156 g/mol. The summed E-state index contributed by atoms with van der Waals surface area (Å²) >= 11 is 0. The highest BCUT2D eigenvalue weighted by Gasteiger charge is 2.09. The van der Waals surface area contributed by atoms with Gasteiger partial charge in [0, 0.05) is 0 Å². The van der Waals surface area contributed by atoms with Gasteiger partial charge in [-0.15, -0.1) is 0 Å². The Labute approximate surface area is 71.6 Å². The van der Waals surface area contributed by atoms with E-state index in [0.717, 1.165) is 12.8 Å². The Bertz CT molecular complexity index is 235. The molecule has 0 spiro atoms. The Morgan fingerprint density at radius 1 is 1.58 bits per heavy atom. The molecule has 0 aliphatic rings. The predicted octanol–water partition coefficient (Wildman–Crippen LogP) is 1.08. The number of hydrogen-bond donors (Lipinski definition) is 1. The molecule has 0 amide bonds. The van der Waals surface area contributed by atoms with Crippen molar-refractivity contribution in [3.8, 4) is 0 Å². The van der Waals surface area contributed by atoms with Crippen molar-refractivity contribution in [3.63, 3.8) is 0 Å². The van der Waals surface area contributed by atoms with Gasteiger partial charge in [0.1, 0.15) is 0 Å². The molecule has 0 fully saturated rings. The van der Waals surface area contributed by atoms with Crippen LogP contribution >= 0.6 is 0 Å². The molecular formula is C8H14N2O2. The normalized spacial score (nSPS) is 13.2. The molecule has 1 N–H and O–H groups in total. The second kappa shape index (κ2) is 4.21. The van der Waals surface area contributed by atoms with Crippen molar-refractivity contribution >= 4 is 0 Å². The molecule has 1 aromatic rings. The van der Waals surface area contributed by atoms with Crippen LogP contribution < -0.4 is 0 Å². The molecule has 0 bridgehead atoms. The predicted molar refractivity (Wildman–Crippen MR) is 43.7 cm³/mol. The molecule has 1 unspecified atom stereocenters. The van der Waals surface area contributed by atoms with E-state index in [-0.39, 0.29) is 6.10 Å². The first kappa shape index (κ1) is 9.19. The molecule has 0 saturated carbocycles. The van der Waals surface area contributed by atoms with Crippen LogP contribution in [0.2, 0.25) is 0 Å². The Hall–Kier alpha value is -0.900. The first-order chi connectivity index (χ1) is 5.72. The van der Waals surface area contributed by atoms with Gasteiger partial charge in [-0.1, -0.05) is 18.5 Å². The van der Waals surface area contributed by atoms with Gasteiger partial charge in [-0.2, -0.15) is 4.98 Å². The van der Waals surface area contributed by atoms with Crippen LogP contribution in [0.5, 0.6) is 0 Å². The van der Waals surface area contributed by atoms with Crippen LogP contribution in [0.15, 0.2) is 4.52 Å². The Kier molecular flexibility index (Phi) is 3.22. The van der Waals surface area contributed by atoms with E-state index in [1.165, 1.54) is 0 Å². The average Bonchev–Trinajstić information content (AvgIpc) is 2.36. The highest BCUT2D eigenvalue weighted by atomic mass is 16.5. The van der Waals surface area contributed by atoms with Gasteiger partial charge in [0.25, 0.3) is 0 Å². The SMILES string of the molecule is CCCC(O)Cc1nc(C)no1. The number of nitrogens with zero attached hydrogens (tertiary/aromatic N) is 2. The Balaban J connectivity index is 2.41. The first-order valence-electron chi connectivity index (χ1n) is 4.19. The molecule has 12 heavy (non-hydrogen) atoms. The maximum absolute atomic E-state index is 9.38. The smallest absolute Gasteiger partial charge is 0.229 e. The maximum Gasteiger partial charge on any atom is 0.229 e. The van der Waals surface area contributed by atoms with Gasteiger partial charge in [-0.05, 0) is 13.3 Å². The molecule has 1 heterocycles. The van der Waals surface area contributed by atoms with E-state index in [9.17, 15) is 5.11 Å². The second-order valence-electron chi connectivity index (χ2n) is 2.88. The molecule has 0 radical (unpaired) electrons. The van der Waals surface area contributed by atoms with Gasteiger partial charge in [-0.25, -0.2) is 0 Å². The lowest BCUT2D eigenvalue weighted by Crippen LogP contribution is -2.09. The third kappa shape index (κ3) is 2.62. The number of hydrogen-bond acceptors (Lipinski definition) is 4. The summed E-state index contributed by atoms with van der Waals surface area (Å²) in [6, 6.07) is 0. The van der Waals surface area contributed by atoms with Crippen LogP contribution in [0.4, 0.5) is 0 Å². The van der Waals surface area contributed by atoms with Gasteiger partial charge in [0.2, 0.25) is 5.89 Å². The van der Waals surface area contributed by atoms with Gasteiger partial charge in [-0.3, -0.25) is 0 Å². The van der Waals surface area contributed by atoms with E-state index in [0.29, 0.717) is 18.1 Å². The van der Waals surface area contributed by atoms with E-state index in [4.69, 9.17) is 4.52 Å². The zero-order valence-corrected chi connectivity index (χ0v) is 7.45. The molecule has 4 nitrogen and oxygen atoms in total. The van der Waals surface area contributed by atoms with Crippen molar-refractivity contribution in [2.45, 2.75) is 39.2 Å². The summed E-state index contributed by atoms with van der Waals surface area (Å²) in [6.45, 7) is 3.79. The number of rotatable bonds is 4. The molecule has 68 valence electrons. The third-order valence-electron chi connectivity index (χ3n) is 1.60. The molecule has 0 aliphatic heterocycles. The van der Waals surface area contributed by atoms with Gasteiger partial charge < -0.3 is 9.63 Å². The van der Waals surface area contributed by atoms with Crippen LogP contribution in [0.3, 0.4) is 0 Å². The summed E-state index contributed by atoms with van der Waals surface area (Å²) in [7, 11) is 0. The minimum absolute atomic E-state index is 0.352. The summed E-state index contributed by atoms with van der Waals surface area (Å²) in [5.74, 6) is 1.14. The number of aromatic nitrogens is 2. The fraction of sp³-hybridized carbons (Fsp3) is 0.750. The summed E-state index contributed by atoms with van der Waals surface area (Å²) in [4.78, 5) is 4.00. The Morgan fingerprint density at radius 2 is 2.33 bits per heavy atom. The average molecular weight is 170 g/mol. The molecule has 4 heteroatoms. The fourth-order valence-electron chi connectivity index (χ4n) is 1.06. The standard InChI is InChI=1S/C8H14N2O2/c1-3-4-7(11)5-8-9-6(2)10-12-8/h7,11H,3-5H2,1-2H3. The second-order valence-corrected chi connectivity index (χ2v) is 2.88. The highest BCUT2D eigenvalue weighted by molar-refractivity contribution is 4.84. The van der Waals surface area contributed by atoms with Crippen molar-refractivity contribution in [3.05, 3.63) is 11.7 Å². The zero-order chi connectivity index (χ0) is 8.97. The molecule has 1 atom stereocenters. The van der Waals surface area contributed by atoms with Crippen molar-refractivity contribution in [2.75, 3.05) is 0 Å². The van der Waals surface area contributed by atoms with Crippen LogP contribution in [-0.4, -0.2) is 21.4 Å². The van der Waals surface area contributed by atoms with Crippen molar-refractivity contribution in [2.24, 2.45) is 0 Å². The molecule has 0 aromatic carbocycles. The molecule has 1 rings (SSSR count). The highest BCUT2D eigenvalue weighted by Crippen LogP contribution is 2.04. The number of aryl methyl sites for hydroxylation is 1. The Morgan fingerprint density at radius 3 is 2.83 bits per heavy atom. The van der Waals surface area contributed by atoms with E-state index >= 15 is 0 Å². The molecule has 0 saturated heterocycles. The molecule has 1 aromatic heterocycles. The van der Waals surface area contributed by atoms with E-state index in [1.54, 1.807) is 6.92 Å². The van der Waals surface area contributed by atoms with Crippen LogP contribution in [0.25, 0.3) is 0 Å². The summed E-state index contributed by atoms with van der Waals surface area (Å²) in [6.07, 6.45) is 1.86.